The van der Waals surface area contributed by atoms with Crippen LogP contribution in [0.15, 0.2) is 66.9 Å². The number of aryl methyl sites for hydroxylation is 1. The number of hydrogen-bond acceptors (Lipinski definition) is 4. The Morgan fingerprint density at radius 1 is 1.11 bits per heavy atom. The summed E-state index contributed by atoms with van der Waals surface area (Å²) < 4.78 is 1.84. The van der Waals surface area contributed by atoms with Gasteiger partial charge in [-0.1, -0.05) is 41.4 Å². The molecule has 0 radical (unpaired) electrons. The van der Waals surface area contributed by atoms with E-state index in [4.69, 9.17) is 11.6 Å². The first-order valence-electron chi connectivity index (χ1n) is 8.27. The van der Waals surface area contributed by atoms with Gasteiger partial charge in [-0.15, -0.1) is 0 Å². The number of hydrogen-bond donors (Lipinski definition) is 1. The van der Waals surface area contributed by atoms with Gasteiger partial charge in [0, 0.05) is 29.6 Å². The van der Waals surface area contributed by atoms with Crippen molar-refractivity contribution in [1.82, 2.24) is 9.38 Å². The quantitative estimate of drug-likeness (QED) is 0.369. The third-order valence-electron chi connectivity index (χ3n) is 4.23. The first kappa shape index (κ1) is 17.1. The Balaban J connectivity index is 1.90. The summed E-state index contributed by atoms with van der Waals surface area (Å²) in [6.07, 6.45) is 1.77. The molecular weight excluding hydrogens is 364 g/mol. The second kappa shape index (κ2) is 6.74. The van der Waals surface area contributed by atoms with Gasteiger partial charge >= 0.3 is 0 Å². The lowest BCUT2D eigenvalue weighted by molar-refractivity contribution is -0.384. The summed E-state index contributed by atoms with van der Waals surface area (Å²) in [5.74, 6) is 0.692. The number of rotatable bonds is 4. The molecule has 134 valence electrons. The Labute approximate surface area is 160 Å². The summed E-state index contributed by atoms with van der Waals surface area (Å²) in [5, 5.41) is 15.1. The molecule has 2 aromatic heterocycles. The van der Waals surface area contributed by atoms with Gasteiger partial charge in [-0.25, -0.2) is 4.98 Å². The summed E-state index contributed by atoms with van der Waals surface area (Å²) >= 11 is 6.17. The number of halogens is 1. The number of nitrogens with one attached hydrogen (secondary N) is 1. The van der Waals surface area contributed by atoms with Crippen LogP contribution in [0.3, 0.4) is 0 Å². The van der Waals surface area contributed by atoms with Crippen LogP contribution in [-0.4, -0.2) is 14.3 Å². The van der Waals surface area contributed by atoms with E-state index in [-0.39, 0.29) is 5.69 Å². The van der Waals surface area contributed by atoms with Gasteiger partial charge in [-0.05, 0) is 31.2 Å². The number of benzene rings is 2. The van der Waals surface area contributed by atoms with Gasteiger partial charge in [0.15, 0.2) is 0 Å². The number of nitro groups is 1. The lowest BCUT2D eigenvalue weighted by Gasteiger charge is -2.09. The molecule has 0 saturated carbocycles. The maximum Gasteiger partial charge on any atom is 0.270 e. The van der Waals surface area contributed by atoms with Gasteiger partial charge in [0.05, 0.1) is 9.95 Å². The average molecular weight is 379 g/mol. The van der Waals surface area contributed by atoms with Crippen molar-refractivity contribution in [2.75, 3.05) is 5.32 Å². The zero-order chi connectivity index (χ0) is 19.0. The smallest absolute Gasteiger partial charge is 0.270 e. The van der Waals surface area contributed by atoms with Crippen molar-refractivity contribution in [2.45, 2.75) is 6.92 Å². The Kier molecular flexibility index (Phi) is 4.25. The molecule has 0 atom stereocenters. The fourth-order valence-corrected chi connectivity index (χ4v) is 3.04. The van der Waals surface area contributed by atoms with Gasteiger partial charge in [0.1, 0.15) is 17.2 Å². The molecule has 0 fully saturated rings. The maximum atomic E-state index is 11.2. The van der Waals surface area contributed by atoms with E-state index in [2.05, 4.69) is 10.3 Å². The number of aromatic nitrogens is 2. The minimum Gasteiger partial charge on any atom is -0.339 e. The molecule has 0 spiro atoms. The molecular formula is C20H15ClN4O2. The fourth-order valence-electron chi connectivity index (χ4n) is 2.88. The van der Waals surface area contributed by atoms with Gasteiger partial charge in [0.25, 0.3) is 5.69 Å². The van der Waals surface area contributed by atoms with Crippen molar-refractivity contribution in [3.05, 3.63) is 87.6 Å². The third-order valence-corrected chi connectivity index (χ3v) is 4.45. The van der Waals surface area contributed by atoms with Gasteiger partial charge < -0.3 is 5.32 Å². The number of pyridine rings is 1. The largest absolute Gasteiger partial charge is 0.339 e. The summed E-state index contributed by atoms with van der Waals surface area (Å²) in [4.78, 5) is 15.4. The SMILES string of the molecule is Cc1ccc(Nc2c(-c3cccc([N+](=O)[O-])c3)nc3ccc(Cl)cn23)cc1. The molecule has 1 N–H and O–H groups in total. The van der Waals surface area contributed by atoms with Crippen LogP contribution in [0, 0.1) is 17.0 Å². The lowest BCUT2D eigenvalue weighted by atomic mass is 10.1. The summed E-state index contributed by atoms with van der Waals surface area (Å²) in [7, 11) is 0. The van der Waals surface area contributed by atoms with Crippen molar-refractivity contribution in [2.24, 2.45) is 0 Å². The van der Waals surface area contributed by atoms with Crippen LogP contribution in [-0.2, 0) is 0 Å². The molecule has 6 nitrogen and oxygen atoms in total. The molecule has 0 bridgehead atoms. The predicted molar refractivity (Wildman–Crippen MR) is 107 cm³/mol. The molecule has 0 amide bonds. The van der Waals surface area contributed by atoms with Crippen molar-refractivity contribution in [3.63, 3.8) is 0 Å². The number of anilines is 2. The molecule has 2 aromatic carbocycles. The van der Waals surface area contributed by atoms with Crippen LogP contribution in [0.25, 0.3) is 16.9 Å². The van der Waals surface area contributed by atoms with Crippen LogP contribution in [0.1, 0.15) is 5.56 Å². The highest BCUT2D eigenvalue weighted by Gasteiger charge is 2.17. The Morgan fingerprint density at radius 2 is 1.89 bits per heavy atom. The summed E-state index contributed by atoms with van der Waals surface area (Å²) in [6.45, 7) is 2.02. The highest BCUT2D eigenvalue weighted by atomic mass is 35.5. The van der Waals surface area contributed by atoms with Crippen molar-refractivity contribution in [3.8, 4) is 11.3 Å². The minimum atomic E-state index is -0.413. The van der Waals surface area contributed by atoms with E-state index >= 15 is 0 Å². The predicted octanol–water partition coefficient (Wildman–Crippen LogP) is 5.61. The number of fused-ring (bicyclic) bond motifs is 1. The standard InChI is InChI=1S/C20H15ClN4O2/c1-13-5-8-16(9-6-13)22-20-19(14-3-2-4-17(11-14)25(26)27)23-18-10-7-15(21)12-24(18)20/h2-12,22H,1H3. The zero-order valence-electron chi connectivity index (χ0n) is 14.4. The number of imidazole rings is 1. The molecule has 0 aliphatic heterocycles. The van der Waals surface area contributed by atoms with E-state index in [0.29, 0.717) is 27.7 Å². The maximum absolute atomic E-state index is 11.2. The fraction of sp³-hybridized carbons (Fsp3) is 0.0500. The third kappa shape index (κ3) is 3.35. The molecule has 2 heterocycles. The second-order valence-electron chi connectivity index (χ2n) is 6.18. The topological polar surface area (TPSA) is 72.5 Å². The molecule has 0 unspecified atom stereocenters. The highest BCUT2D eigenvalue weighted by molar-refractivity contribution is 6.30. The minimum absolute atomic E-state index is 0.0175. The molecule has 7 heteroatoms. The van der Waals surface area contributed by atoms with E-state index in [1.54, 1.807) is 24.4 Å². The van der Waals surface area contributed by atoms with Gasteiger partial charge in [-0.3, -0.25) is 14.5 Å². The Morgan fingerprint density at radius 3 is 2.63 bits per heavy atom. The van der Waals surface area contributed by atoms with E-state index in [1.807, 2.05) is 41.7 Å². The van der Waals surface area contributed by atoms with E-state index in [0.717, 1.165) is 11.3 Å². The van der Waals surface area contributed by atoms with Crippen LogP contribution in [0.2, 0.25) is 5.02 Å². The van der Waals surface area contributed by atoms with Crippen LogP contribution < -0.4 is 5.32 Å². The normalized spacial score (nSPS) is 10.9. The van der Waals surface area contributed by atoms with Crippen LogP contribution in [0.5, 0.6) is 0 Å². The summed E-state index contributed by atoms with van der Waals surface area (Å²) in [6, 6.07) is 18.0. The van der Waals surface area contributed by atoms with Gasteiger partial charge in [0.2, 0.25) is 0 Å². The molecule has 0 aliphatic rings. The van der Waals surface area contributed by atoms with Gasteiger partial charge in [-0.2, -0.15) is 0 Å². The van der Waals surface area contributed by atoms with Crippen molar-refractivity contribution < 1.29 is 4.92 Å². The van der Waals surface area contributed by atoms with Crippen LogP contribution >= 0.6 is 11.6 Å². The second-order valence-corrected chi connectivity index (χ2v) is 6.62. The number of nitro benzene ring substituents is 1. The zero-order valence-corrected chi connectivity index (χ0v) is 15.1. The molecule has 0 saturated heterocycles. The van der Waals surface area contributed by atoms with E-state index in [1.165, 1.54) is 12.1 Å². The first-order valence-corrected chi connectivity index (χ1v) is 8.65. The summed E-state index contributed by atoms with van der Waals surface area (Å²) in [5.41, 5.74) is 4.01. The molecule has 0 aliphatic carbocycles. The first-order chi connectivity index (χ1) is 13.0. The molecule has 27 heavy (non-hydrogen) atoms. The van der Waals surface area contributed by atoms with Crippen LogP contribution in [0.4, 0.5) is 17.2 Å². The van der Waals surface area contributed by atoms with Crippen molar-refractivity contribution in [1.29, 1.82) is 0 Å². The average Bonchev–Trinajstić information content (AvgIpc) is 3.01. The van der Waals surface area contributed by atoms with Crippen molar-refractivity contribution >= 4 is 34.4 Å². The monoisotopic (exact) mass is 378 g/mol. The number of non-ortho nitro benzene ring substituents is 1. The Hall–Kier alpha value is -3.38. The lowest BCUT2D eigenvalue weighted by Crippen LogP contribution is -1.97. The highest BCUT2D eigenvalue weighted by Crippen LogP contribution is 2.33. The molecule has 4 aromatic rings. The number of nitrogens with zero attached hydrogens (tertiary/aromatic N) is 3. The Bertz CT molecular complexity index is 1150. The molecule has 4 rings (SSSR count). The van der Waals surface area contributed by atoms with E-state index in [9.17, 15) is 10.1 Å². The van der Waals surface area contributed by atoms with E-state index < -0.39 is 4.92 Å².